The zero-order valence-corrected chi connectivity index (χ0v) is 10.8. The molecule has 2 rings (SSSR count). The normalized spacial score (nSPS) is 10.3. The molecule has 19 heavy (non-hydrogen) atoms. The molecule has 0 spiro atoms. The lowest BCUT2D eigenvalue weighted by Gasteiger charge is -2.05. The lowest BCUT2D eigenvalue weighted by Crippen LogP contribution is -2.00. The number of carbonyl (C=O) groups is 1. The van der Waals surface area contributed by atoms with Gasteiger partial charge in [0, 0.05) is 5.69 Å². The van der Waals surface area contributed by atoms with Crippen LogP contribution in [0.4, 0.5) is 10.1 Å². The number of carbonyl (C=O) groups excluding carboxylic acids is 1. The Morgan fingerprint density at radius 2 is 2.21 bits per heavy atom. The molecule has 1 heterocycles. The summed E-state index contributed by atoms with van der Waals surface area (Å²) < 4.78 is 23.0. The van der Waals surface area contributed by atoms with Crippen LogP contribution in [0.2, 0.25) is 5.02 Å². The maximum absolute atomic E-state index is 13.2. The van der Waals surface area contributed by atoms with E-state index in [2.05, 4.69) is 10.1 Å². The van der Waals surface area contributed by atoms with Crippen molar-refractivity contribution in [1.82, 2.24) is 0 Å². The van der Waals surface area contributed by atoms with Crippen molar-refractivity contribution >= 4 is 23.3 Å². The second kappa shape index (κ2) is 5.75. The first-order valence-electron chi connectivity index (χ1n) is 5.46. The number of ether oxygens (including phenoxy) is 1. The first-order valence-corrected chi connectivity index (χ1v) is 5.84. The Bertz CT molecular complexity index is 597. The van der Waals surface area contributed by atoms with Crippen LogP contribution in [0, 0.1) is 5.82 Å². The number of furan rings is 1. The smallest absolute Gasteiger partial charge is 0.373 e. The van der Waals surface area contributed by atoms with Crippen molar-refractivity contribution in [3.05, 3.63) is 52.7 Å². The fraction of sp³-hybridized carbons (Fsp3) is 0.154. The highest BCUT2D eigenvalue weighted by molar-refractivity contribution is 6.30. The quantitative estimate of drug-likeness (QED) is 0.873. The molecule has 0 unspecified atom stereocenters. The monoisotopic (exact) mass is 283 g/mol. The van der Waals surface area contributed by atoms with Crippen LogP contribution in [0.1, 0.15) is 16.3 Å². The second-order valence-corrected chi connectivity index (χ2v) is 4.15. The molecule has 0 aliphatic carbocycles. The maximum Gasteiger partial charge on any atom is 0.373 e. The molecule has 6 heteroatoms. The number of nitrogens with one attached hydrogen (secondary N) is 1. The van der Waals surface area contributed by atoms with Crippen molar-refractivity contribution < 1.29 is 18.3 Å². The van der Waals surface area contributed by atoms with Gasteiger partial charge < -0.3 is 14.5 Å². The van der Waals surface area contributed by atoms with Gasteiger partial charge in [-0.15, -0.1) is 0 Å². The van der Waals surface area contributed by atoms with E-state index in [4.69, 9.17) is 16.0 Å². The molecular formula is C13H11ClFNO3. The van der Waals surface area contributed by atoms with Crippen molar-refractivity contribution in [3.8, 4) is 0 Å². The summed E-state index contributed by atoms with van der Waals surface area (Å²) in [5.41, 5.74) is 0.568. The molecule has 0 amide bonds. The maximum atomic E-state index is 13.2. The lowest BCUT2D eigenvalue weighted by molar-refractivity contribution is 0.0563. The Hall–Kier alpha value is -2.01. The summed E-state index contributed by atoms with van der Waals surface area (Å²) in [5, 5.41) is 3.02. The van der Waals surface area contributed by atoms with Crippen molar-refractivity contribution in [2.45, 2.75) is 6.54 Å². The van der Waals surface area contributed by atoms with Crippen LogP contribution >= 0.6 is 11.6 Å². The fourth-order valence-electron chi connectivity index (χ4n) is 1.48. The summed E-state index contributed by atoms with van der Waals surface area (Å²) in [6.45, 7) is 0.318. The van der Waals surface area contributed by atoms with Gasteiger partial charge in [0.2, 0.25) is 5.76 Å². The standard InChI is InChI=1S/C13H11ClFNO3/c1-18-13(17)12-5-3-9(19-12)7-16-8-2-4-10(14)11(15)6-8/h2-6,16H,7H2,1H3. The fourth-order valence-corrected chi connectivity index (χ4v) is 1.60. The first-order chi connectivity index (χ1) is 9.10. The molecule has 0 bridgehead atoms. The van der Waals surface area contributed by atoms with Crippen molar-refractivity contribution in [3.63, 3.8) is 0 Å². The van der Waals surface area contributed by atoms with Gasteiger partial charge >= 0.3 is 5.97 Å². The number of esters is 1. The van der Waals surface area contributed by atoms with Crippen LogP contribution in [-0.2, 0) is 11.3 Å². The van der Waals surface area contributed by atoms with E-state index in [1.165, 1.54) is 25.3 Å². The minimum absolute atomic E-state index is 0.0662. The zero-order valence-electron chi connectivity index (χ0n) is 10.1. The third kappa shape index (κ3) is 3.26. The van der Waals surface area contributed by atoms with E-state index in [1.54, 1.807) is 12.1 Å². The largest absolute Gasteiger partial charge is 0.463 e. The number of methoxy groups -OCH3 is 1. The molecule has 0 radical (unpaired) electrons. The molecule has 0 fully saturated rings. The predicted octanol–water partition coefficient (Wildman–Crippen LogP) is 3.47. The van der Waals surface area contributed by atoms with Crippen LogP contribution in [0.15, 0.2) is 34.7 Å². The van der Waals surface area contributed by atoms with E-state index in [9.17, 15) is 9.18 Å². The van der Waals surface area contributed by atoms with Crippen LogP contribution in [0.3, 0.4) is 0 Å². The predicted molar refractivity (Wildman–Crippen MR) is 68.8 cm³/mol. The minimum atomic E-state index is -0.538. The van der Waals surface area contributed by atoms with Gasteiger partial charge in [0.25, 0.3) is 0 Å². The average molecular weight is 284 g/mol. The molecule has 4 nitrogen and oxygen atoms in total. The molecule has 0 aliphatic heterocycles. The molecule has 1 aromatic carbocycles. The van der Waals surface area contributed by atoms with Gasteiger partial charge in [0.15, 0.2) is 0 Å². The summed E-state index contributed by atoms with van der Waals surface area (Å²) in [7, 11) is 1.28. The first kappa shape index (κ1) is 13.4. The van der Waals surface area contributed by atoms with Gasteiger partial charge in [0.1, 0.15) is 11.6 Å². The highest BCUT2D eigenvalue weighted by atomic mass is 35.5. The summed E-state index contributed by atoms with van der Waals surface area (Å²) in [5.74, 6) is -0.373. The average Bonchev–Trinajstić information content (AvgIpc) is 2.88. The third-order valence-corrected chi connectivity index (χ3v) is 2.74. The molecule has 1 N–H and O–H groups in total. The summed E-state index contributed by atoms with van der Waals surface area (Å²) in [4.78, 5) is 11.2. The Balaban J connectivity index is 2.00. The van der Waals surface area contributed by atoms with E-state index in [0.29, 0.717) is 18.0 Å². The zero-order chi connectivity index (χ0) is 13.8. The molecule has 100 valence electrons. The lowest BCUT2D eigenvalue weighted by atomic mass is 10.3. The Morgan fingerprint density at radius 1 is 1.42 bits per heavy atom. The minimum Gasteiger partial charge on any atom is -0.463 e. The van der Waals surface area contributed by atoms with Gasteiger partial charge in [-0.05, 0) is 30.3 Å². The van der Waals surface area contributed by atoms with Gasteiger partial charge in [0.05, 0.1) is 18.7 Å². The molecule has 1 aromatic heterocycles. The second-order valence-electron chi connectivity index (χ2n) is 3.74. The highest BCUT2D eigenvalue weighted by Crippen LogP contribution is 2.19. The number of halogens is 2. The van der Waals surface area contributed by atoms with Crippen LogP contribution < -0.4 is 5.32 Å². The molecule has 0 saturated heterocycles. The molecule has 0 atom stereocenters. The van der Waals surface area contributed by atoms with Gasteiger partial charge in [-0.1, -0.05) is 11.6 Å². The summed E-state index contributed by atoms with van der Waals surface area (Å²) in [6.07, 6.45) is 0. The third-order valence-electron chi connectivity index (χ3n) is 2.43. The summed E-state index contributed by atoms with van der Waals surface area (Å²) >= 11 is 5.58. The van der Waals surface area contributed by atoms with E-state index in [0.717, 1.165) is 0 Å². The van der Waals surface area contributed by atoms with E-state index in [-0.39, 0.29) is 10.8 Å². The molecule has 0 aliphatic rings. The Kier molecular flexibility index (Phi) is 4.06. The van der Waals surface area contributed by atoms with Gasteiger partial charge in [-0.3, -0.25) is 0 Å². The van der Waals surface area contributed by atoms with E-state index >= 15 is 0 Å². The number of hydrogen-bond acceptors (Lipinski definition) is 4. The van der Waals surface area contributed by atoms with Crippen molar-refractivity contribution in [2.24, 2.45) is 0 Å². The SMILES string of the molecule is COC(=O)c1ccc(CNc2ccc(Cl)c(F)c2)o1. The number of hydrogen-bond donors (Lipinski definition) is 1. The summed E-state index contributed by atoms with van der Waals surface area (Å²) in [6, 6.07) is 7.56. The van der Waals surface area contributed by atoms with Crippen molar-refractivity contribution in [2.75, 3.05) is 12.4 Å². The van der Waals surface area contributed by atoms with Gasteiger partial charge in [-0.2, -0.15) is 0 Å². The van der Waals surface area contributed by atoms with E-state index in [1.807, 2.05) is 0 Å². The number of anilines is 1. The van der Waals surface area contributed by atoms with E-state index < -0.39 is 11.8 Å². The number of rotatable bonds is 4. The molecular weight excluding hydrogens is 273 g/mol. The number of benzene rings is 1. The van der Waals surface area contributed by atoms with Crippen LogP contribution in [0.5, 0.6) is 0 Å². The topological polar surface area (TPSA) is 51.5 Å². The Labute approximate surface area is 114 Å². The van der Waals surface area contributed by atoms with Crippen LogP contribution in [0.25, 0.3) is 0 Å². The molecule has 2 aromatic rings. The Morgan fingerprint density at radius 3 is 2.89 bits per heavy atom. The van der Waals surface area contributed by atoms with Gasteiger partial charge in [-0.25, -0.2) is 9.18 Å². The van der Waals surface area contributed by atoms with Crippen LogP contribution in [-0.4, -0.2) is 13.1 Å². The highest BCUT2D eigenvalue weighted by Gasteiger charge is 2.10. The molecule has 0 saturated carbocycles. The van der Waals surface area contributed by atoms with Crippen molar-refractivity contribution in [1.29, 1.82) is 0 Å².